The molecule has 3 heterocycles. The van der Waals surface area contributed by atoms with Crippen LogP contribution in [0.2, 0.25) is 0 Å². The molecular formula is C17H20N2O4S2. The number of allylic oxidation sites excluding steroid dienone is 1. The SMILES string of the molecule is CC(C)=CCSC1=N[C@@H]2CS(=O)(=O)C[C@H]2N1c1ccc2c(c1)OCO2. The van der Waals surface area contributed by atoms with E-state index in [2.05, 4.69) is 24.8 Å². The van der Waals surface area contributed by atoms with Crippen LogP contribution < -0.4 is 14.4 Å². The third-order valence-corrected chi connectivity index (χ3v) is 7.04. The maximum absolute atomic E-state index is 12.1. The van der Waals surface area contributed by atoms with Crippen molar-refractivity contribution in [3.8, 4) is 11.5 Å². The molecule has 0 unspecified atom stereocenters. The molecule has 0 spiro atoms. The molecular weight excluding hydrogens is 360 g/mol. The fourth-order valence-corrected chi connectivity index (χ4v) is 6.25. The highest BCUT2D eigenvalue weighted by atomic mass is 32.2. The number of nitrogens with zero attached hydrogens (tertiary/aromatic N) is 2. The average molecular weight is 380 g/mol. The van der Waals surface area contributed by atoms with Crippen LogP contribution in [-0.4, -0.2) is 49.7 Å². The zero-order valence-corrected chi connectivity index (χ0v) is 15.8. The molecule has 4 rings (SSSR count). The second kappa shape index (κ2) is 6.25. The monoisotopic (exact) mass is 380 g/mol. The Morgan fingerprint density at radius 3 is 2.92 bits per heavy atom. The van der Waals surface area contributed by atoms with Crippen LogP contribution in [0, 0.1) is 0 Å². The van der Waals surface area contributed by atoms with Crippen molar-refractivity contribution in [2.45, 2.75) is 25.9 Å². The van der Waals surface area contributed by atoms with E-state index >= 15 is 0 Å². The van der Waals surface area contributed by atoms with Crippen molar-refractivity contribution in [1.82, 2.24) is 0 Å². The highest BCUT2D eigenvalue weighted by molar-refractivity contribution is 8.14. The summed E-state index contributed by atoms with van der Waals surface area (Å²) in [6.45, 7) is 4.34. The largest absolute Gasteiger partial charge is 0.454 e. The van der Waals surface area contributed by atoms with Gasteiger partial charge in [0.15, 0.2) is 26.5 Å². The topological polar surface area (TPSA) is 68.2 Å². The highest BCUT2D eigenvalue weighted by Gasteiger charge is 2.47. The summed E-state index contributed by atoms with van der Waals surface area (Å²) >= 11 is 1.64. The lowest BCUT2D eigenvalue weighted by Gasteiger charge is -2.26. The number of benzene rings is 1. The van der Waals surface area contributed by atoms with Crippen molar-refractivity contribution in [3.63, 3.8) is 0 Å². The van der Waals surface area contributed by atoms with Crippen molar-refractivity contribution in [2.24, 2.45) is 4.99 Å². The van der Waals surface area contributed by atoms with Gasteiger partial charge in [-0.05, 0) is 26.0 Å². The first-order valence-electron chi connectivity index (χ1n) is 8.16. The van der Waals surface area contributed by atoms with E-state index in [4.69, 9.17) is 14.5 Å². The Kier molecular flexibility index (Phi) is 4.19. The zero-order chi connectivity index (χ0) is 17.6. The quantitative estimate of drug-likeness (QED) is 0.751. The second-order valence-electron chi connectivity index (χ2n) is 6.62. The molecule has 8 heteroatoms. The van der Waals surface area contributed by atoms with Crippen LogP contribution in [0.4, 0.5) is 5.69 Å². The third kappa shape index (κ3) is 3.25. The van der Waals surface area contributed by atoms with E-state index in [1.165, 1.54) is 5.57 Å². The second-order valence-corrected chi connectivity index (χ2v) is 9.76. The van der Waals surface area contributed by atoms with E-state index in [0.29, 0.717) is 11.5 Å². The van der Waals surface area contributed by atoms with Crippen LogP contribution >= 0.6 is 11.8 Å². The van der Waals surface area contributed by atoms with Gasteiger partial charge in [0.1, 0.15) is 0 Å². The fourth-order valence-electron chi connectivity index (χ4n) is 3.25. The number of sulfone groups is 1. The lowest BCUT2D eigenvalue weighted by atomic mass is 10.1. The van der Waals surface area contributed by atoms with Crippen LogP contribution in [-0.2, 0) is 9.84 Å². The van der Waals surface area contributed by atoms with Crippen LogP contribution in [0.5, 0.6) is 11.5 Å². The highest BCUT2D eigenvalue weighted by Crippen LogP contribution is 2.40. The van der Waals surface area contributed by atoms with E-state index in [-0.39, 0.29) is 30.4 Å². The number of anilines is 1. The van der Waals surface area contributed by atoms with Gasteiger partial charge in [-0.1, -0.05) is 23.4 Å². The molecule has 0 bridgehead atoms. The molecule has 0 amide bonds. The number of fused-ring (bicyclic) bond motifs is 2. The smallest absolute Gasteiger partial charge is 0.231 e. The number of amidine groups is 1. The van der Waals surface area contributed by atoms with E-state index in [0.717, 1.165) is 16.6 Å². The minimum atomic E-state index is -3.04. The van der Waals surface area contributed by atoms with Gasteiger partial charge >= 0.3 is 0 Å². The Labute approximate surface area is 151 Å². The van der Waals surface area contributed by atoms with Crippen molar-refractivity contribution in [2.75, 3.05) is 29.0 Å². The Balaban J connectivity index is 1.66. The van der Waals surface area contributed by atoms with Crippen LogP contribution in [0.1, 0.15) is 13.8 Å². The standard InChI is InChI=1S/C17H20N2O4S2/c1-11(2)5-6-24-17-18-13-8-25(20,21)9-14(13)19(17)12-3-4-15-16(7-12)23-10-22-15/h3-5,7,13-14H,6,8-10H2,1-2H3/t13-,14-/m1/s1. The van der Waals surface area contributed by atoms with Crippen molar-refractivity contribution < 1.29 is 17.9 Å². The van der Waals surface area contributed by atoms with Gasteiger partial charge in [0.05, 0.1) is 23.6 Å². The van der Waals surface area contributed by atoms with Gasteiger partial charge in [-0.2, -0.15) is 0 Å². The van der Waals surface area contributed by atoms with Crippen molar-refractivity contribution >= 4 is 32.5 Å². The van der Waals surface area contributed by atoms with Gasteiger partial charge in [-0.15, -0.1) is 0 Å². The minimum absolute atomic E-state index is 0.130. The Morgan fingerprint density at radius 1 is 1.32 bits per heavy atom. The summed E-state index contributed by atoms with van der Waals surface area (Å²) in [6, 6.07) is 5.39. The predicted octanol–water partition coefficient (Wildman–Crippen LogP) is 2.46. The molecule has 1 aromatic rings. The third-order valence-electron chi connectivity index (χ3n) is 4.45. The summed E-state index contributed by atoms with van der Waals surface area (Å²) in [7, 11) is -3.04. The minimum Gasteiger partial charge on any atom is -0.454 e. The summed E-state index contributed by atoms with van der Waals surface area (Å²) < 4.78 is 35.0. The fraction of sp³-hybridized carbons (Fsp3) is 0.471. The molecule has 3 aliphatic heterocycles. The number of hydrogen-bond acceptors (Lipinski definition) is 7. The van der Waals surface area contributed by atoms with Gasteiger partial charge < -0.3 is 14.4 Å². The number of aliphatic imine (C=N–C) groups is 1. The molecule has 0 saturated carbocycles. The molecule has 0 N–H and O–H groups in total. The number of hydrogen-bond donors (Lipinski definition) is 0. The summed E-state index contributed by atoms with van der Waals surface area (Å²) in [5.41, 5.74) is 2.15. The molecule has 1 aromatic carbocycles. The molecule has 1 saturated heterocycles. The molecule has 25 heavy (non-hydrogen) atoms. The Bertz CT molecular complexity index is 859. The Morgan fingerprint density at radius 2 is 2.12 bits per heavy atom. The van der Waals surface area contributed by atoms with Gasteiger partial charge in [-0.25, -0.2) is 8.42 Å². The number of rotatable bonds is 3. The molecule has 0 aliphatic carbocycles. The van der Waals surface area contributed by atoms with Crippen molar-refractivity contribution in [3.05, 3.63) is 29.8 Å². The van der Waals surface area contributed by atoms with Crippen LogP contribution in [0.15, 0.2) is 34.8 Å². The molecule has 6 nitrogen and oxygen atoms in total. The van der Waals surface area contributed by atoms with Gasteiger partial charge in [0.25, 0.3) is 0 Å². The average Bonchev–Trinajstić information content (AvgIpc) is 3.17. The number of thioether (sulfide) groups is 1. The number of ether oxygens (including phenoxy) is 2. The van der Waals surface area contributed by atoms with E-state index in [1.54, 1.807) is 11.8 Å². The molecule has 0 aromatic heterocycles. The lowest BCUT2D eigenvalue weighted by Crippen LogP contribution is -2.39. The van der Waals surface area contributed by atoms with Crippen LogP contribution in [0.3, 0.4) is 0 Å². The van der Waals surface area contributed by atoms with Gasteiger partial charge in [-0.3, -0.25) is 4.99 Å². The van der Waals surface area contributed by atoms with Crippen LogP contribution in [0.25, 0.3) is 0 Å². The van der Waals surface area contributed by atoms with Crippen molar-refractivity contribution in [1.29, 1.82) is 0 Å². The van der Waals surface area contributed by atoms with Gasteiger partial charge in [0, 0.05) is 17.5 Å². The summed E-state index contributed by atoms with van der Waals surface area (Å²) in [4.78, 5) is 6.78. The molecule has 134 valence electrons. The maximum Gasteiger partial charge on any atom is 0.231 e. The van der Waals surface area contributed by atoms with Gasteiger partial charge in [0.2, 0.25) is 6.79 Å². The van der Waals surface area contributed by atoms with E-state index < -0.39 is 9.84 Å². The zero-order valence-electron chi connectivity index (χ0n) is 14.1. The first kappa shape index (κ1) is 16.8. The van der Waals surface area contributed by atoms with E-state index in [9.17, 15) is 8.42 Å². The maximum atomic E-state index is 12.1. The summed E-state index contributed by atoms with van der Waals surface area (Å²) in [5, 5.41) is 0.876. The van der Waals surface area contributed by atoms with E-state index in [1.807, 2.05) is 18.2 Å². The lowest BCUT2D eigenvalue weighted by molar-refractivity contribution is 0.174. The predicted molar refractivity (Wildman–Crippen MR) is 101 cm³/mol. The normalized spacial score (nSPS) is 25.7. The Hall–Kier alpha value is -1.67. The molecule has 0 radical (unpaired) electrons. The molecule has 2 atom stereocenters. The first-order valence-corrected chi connectivity index (χ1v) is 11.0. The molecule has 1 fully saturated rings. The summed E-state index contributed by atoms with van der Waals surface area (Å²) in [5.74, 6) is 2.49. The summed E-state index contributed by atoms with van der Waals surface area (Å²) in [6.07, 6.45) is 2.15. The first-order chi connectivity index (χ1) is 11.9. The molecule has 3 aliphatic rings.